The zero-order valence-corrected chi connectivity index (χ0v) is 19.6. The van der Waals surface area contributed by atoms with E-state index in [1.165, 1.54) is 6.07 Å². The monoisotopic (exact) mass is 483 g/mol. The molecule has 2 aromatic heterocycles. The Bertz CT molecular complexity index is 1410. The summed E-state index contributed by atoms with van der Waals surface area (Å²) in [6.45, 7) is 0. The molecule has 3 aromatic carbocycles. The van der Waals surface area contributed by atoms with Gasteiger partial charge in [0, 0.05) is 24.7 Å². The van der Waals surface area contributed by atoms with Gasteiger partial charge in [0.1, 0.15) is 11.5 Å². The first kappa shape index (κ1) is 22.8. The number of rotatable bonds is 7. The number of fused-ring (bicyclic) bond motifs is 1. The van der Waals surface area contributed by atoms with Crippen LogP contribution in [0.5, 0.6) is 0 Å². The highest BCUT2D eigenvalue weighted by Gasteiger charge is 2.26. The first-order valence-corrected chi connectivity index (χ1v) is 11.7. The van der Waals surface area contributed by atoms with Crippen LogP contribution >= 0.6 is 11.6 Å². The first-order valence-electron chi connectivity index (χ1n) is 11.4. The van der Waals surface area contributed by atoms with Crippen LogP contribution in [0.4, 0.5) is 4.39 Å². The Labute approximate surface area is 208 Å². The van der Waals surface area contributed by atoms with Crippen LogP contribution in [0, 0.1) is 5.82 Å². The summed E-state index contributed by atoms with van der Waals surface area (Å²) >= 11 is 6.24. The van der Waals surface area contributed by atoms with E-state index in [1.807, 2.05) is 65.1 Å². The van der Waals surface area contributed by atoms with Crippen LogP contribution in [0.2, 0.25) is 5.02 Å². The quantitative estimate of drug-likeness (QED) is 0.285. The van der Waals surface area contributed by atoms with Crippen molar-refractivity contribution in [2.45, 2.75) is 18.4 Å². The van der Waals surface area contributed by atoms with E-state index in [2.05, 4.69) is 10.3 Å². The van der Waals surface area contributed by atoms with Gasteiger partial charge in [-0.15, -0.1) is 0 Å². The largest absolute Gasteiger partial charge is 0.345 e. The minimum Gasteiger partial charge on any atom is -0.345 e. The van der Waals surface area contributed by atoms with Crippen LogP contribution < -0.4 is 5.32 Å². The molecular formula is C29H23ClFN3O. The molecule has 0 saturated heterocycles. The van der Waals surface area contributed by atoms with Gasteiger partial charge in [-0.2, -0.15) is 0 Å². The van der Waals surface area contributed by atoms with Crippen LogP contribution in [0.25, 0.3) is 5.65 Å². The molecule has 0 aliphatic rings. The van der Waals surface area contributed by atoms with E-state index in [1.54, 1.807) is 42.7 Å². The molecule has 0 bridgehead atoms. The number of aromatic nitrogens is 2. The molecule has 5 rings (SSSR count). The summed E-state index contributed by atoms with van der Waals surface area (Å²) in [6.07, 6.45) is 3.46. The molecule has 0 spiro atoms. The summed E-state index contributed by atoms with van der Waals surface area (Å²) in [5.74, 6) is -1.13. The Hall–Kier alpha value is -3.96. The third-order valence-electron chi connectivity index (χ3n) is 6.10. The second-order valence-corrected chi connectivity index (χ2v) is 8.80. The molecule has 4 nitrogen and oxygen atoms in total. The molecule has 5 aromatic rings. The van der Waals surface area contributed by atoms with Crippen molar-refractivity contribution in [3.05, 3.63) is 143 Å². The number of carbonyl (C=O) groups is 1. The van der Waals surface area contributed by atoms with Crippen molar-refractivity contribution in [1.29, 1.82) is 0 Å². The van der Waals surface area contributed by atoms with Crippen LogP contribution in [0.15, 0.2) is 109 Å². The number of nitrogens with one attached hydrogen (secondary N) is 1. The van der Waals surface area contributed by atoms with Crippen molar-refractivity contribution in [3.63, 3.8) is 0 Å². The van der Waals surface area contributed by atoms with Crippen LogP contribution in [0.3, 0.4) is 0 Å². The van der Waals surface area contributed by atoms with Gasteiger partial charge in [0.2, 0.25) is 5.91 Å². The lowest BCUT2D eigenvalue weighted by Gasteiger charge is -2.23. The molecule has 1 atom stereocenters. The third-order valence-corrected chi connectivity index (χ3v) is 6.32. The van der Waals surface area contributed by atoms with E-state index in [0.717, 1.165) is 11.1 Å². The molecule has 0 aliphatic carbocycles. The highest BCUT2D eigenvalue weighted by Crippen LogP contribution is 2.32. The second kappa shape index (κ2) is 10.1. The average Bonchev–Trinajstić information content (AvgIpc) is 3.30. The van der Waals surface area contributed by atoms with Gasteiger partial charge in [0.25, 0.3) is 0 Å². The summed E-state index contributed by atoms with van der Waals surface area (Å²) in [7, 11) is 0. The molecule has 1 N–H and O–H groups in total. The summed E-state index contributed by atoms with van der Waals surface area (Å²) in [4.78, 5) is 18.0. The number of pyridine rings is 1. The van der Waals surface area contributed by atoms with Gasteiger partial charge in [-0.25, -0.2) is 9.37 Å². The lowest BCUT2D eigenvalue weighted by atomic mass is 9.91. The van der Waals surface area contributed by atoms with Gasteiger partial charge in [-0.3, -0.25) is 4.79 Å². The van der Waals surface area contributed by atoms with E-state index >= 15 is 0 Å². The zero-order chi connectivity index (χ0) is 24.2. The fourth-order valence-corrected chi connectivity index (χ4v) is 4.58. The van der Waals surface area contributed by atoms with Gasteiger partial charge in [-0.05, 0) is 34.9 Å². The SMILES string of the molecule is O=C(C[C@H](c1ccccc1F)c1cnc2ccc(Cl)cn12)NC(c1ccccc1)c1ccccc1. The molecule has 0 fully saturated rings. The highest BCUT2D eigenvalue weighted by molar-refractivity contribution is 6.30. The average molecular weight is 484 g/mol. The van der Waals surface area contributed by atoms with Gasteiger partial charge in [-0.1, -0.05) is 90.5 Å². The van der Waals surface area contributed by atoms with Crippen molar-refractivity contribution in [2.75, 3.05) is 0 Å². The van der Waals surface area contributed by atoms with Crippen molar-refractivity contribution in [3.8, 4) is 0 Å². The molecule has 1 amide bonds. The predicted molar refractivity (Wildman–Crippen MR) is 136 cm³/mol. The van der Waals surface area contributed by atoms with E-state index in [4.69, 9.17) is 11.6 Å². The number of nitrogens with zero attached hydrogens (tertiary/aromatic N) is 2. The van der Waals surface area contributed by atoms with Crippen LogP contribution in [-0.2, 0) is 4.79 Å². The summed E-state index contributed by atoms with van der Waals surface area (Å²) < 4.78 is 16.8. The Kier molecular flexibility index (Phi) is 6.59. The van der Waals surface area contributed by atoms with Gasteiger partial charge in [0.15, 0.2) is 0 Å². The lowest BCUT2D eigenvalue weighted by Crippen LogP contribution is -2.31. The number of carbonyl (C=O) groups excluding carboxylic acids is 1. The molecule has 0 aliphatic heterocycles. The number of hydrogen-bond acceptors (Lipinski definition) is 2. The highest BCUT2D eigenvalue weighted by atomic mass is 35.5. The number of benzene rings is 3. The zero-order valence-electron chi connectivity index (χ0n) is 18.8. The summed E-state index contributed by atoms with van der Waals surface area (Å²) in [6, 6.07) is 29.4. The number of hydrogen-bond donors (Lipinski definition) is 1. The number of amides is 1. The smallest absolute Gasteiger partial charge is 0.221 e. The summed E-state index contributed by atoms with van der Waals surface area (Å²) in [5.41, 5.74) is 3.74. The Morgan fingerprint density at radius 2 is 1.51 bits per heavy atom. The van der Waals surface area contributed by atoms with E-state index in [-0.39, 0.29) is 24.2 Å². The maximum atomic E-state index is 15.0. The number of imidazole rings is 1. The van der Waals surface area contributed by atoms with Crippen molar-refractivity contribution in [2.24, 2.45) is 0 Å². The predicted octanol–water partition coefficient (Wildman–Crippen LogP) is 6.55. The first-order chi connectivity index (χ1) is 17.1. The van der Waals surface area contributed by atoms with Crippen LogP contribution in [0.1, 0.15) is 40.8 Å². The molecule has 0 saturated carbocycles. The molecule has 174 valence electrons. The second-order valence-electron chi connectivity index (χ2n) is 8.36. The topological polar surface area (TPSA) is 46.4 Å². The lowest BCUT2D eigenvalue weighted by molar-refractivity contribution is -0.121. The molecule has 0 unspecified atom stereocenters. The van der Waals surface area contributed by atoms with E-state index < -0.39 is 5.92 Å². The van der Waals surface area contributed by atoms with E-state index in [0.29, 0.717) is 21.9 Å². The van der Waals surface area contributed by atoms with Gasteiger partial charge >= 0.3 is 0 Å². The molecule has 2 heterocycles. The Balaban J connectivity index is 1.51. The van der Waals surface area contributed by atoms with Crippen molar-refractivity contribution in [1.82, 2.24) is 14.7 Å². The normalized spacial score (nSPS) is 12.1. The maximum absolute atomic E-state index is 15.0. The molecule has 35 heavy (non-hydrogen) atoms. The maximum Gasteiger partial charge on any atom is 0.221 e. The third kappa shape index (κ3) is 4.96. The van der Waals surface area contributed by atoms with Crippen molar-refractivity contribution < 1.29 is 9.18 Å². The minimum absolute atomic E-state index is 0.0391. The Morgan fingerprint density at radius 3 is 2.17 bits per heavy atom. The number of halogens is 2. The molecular weight excluding hydrogens is 461 g/mol. The molecule has 6 heteroatoms. The minimum atomic E-state index is -0.558. The fraction of sp³-hybridized carbons (Fsp3) is 0.103. The van der Waals surface area contributed by atoms with Crippen LogP contribution in [-0.4, -0.2) is 15.3 Å². The molecule has 0 radical (unpaired) electrons. The Morgan fingerprint density at radius 1 is 0.886 bits per heavy atom. The van der Waals surface area contributed by atoms with Crippen molar-refractivity contribution >= 4 is 23.2 Å². The van der Waals surface area contributed by atoms with Gasteiger partial charge in [0.05, 0.1) is 16.8 Å². The summed E-state index contributed by atoms with van der Waals surface area (Å²) in [5, 5.41) is 3.70. The standard InChI is InChI=1S/C29H23ClFN3O/c30-22-15-16-27-32-18-26(34(27)19-22)24(23-13-7-8-14-25(23)31)17-28(35)33-29(20-9-3-1-4-10-20)21-11-5-2-6-12-21/h1-16,18-19,24,29H,17H2,(H,33,35)/t24-/m1/s1. The fourth-order valence-electron chi connectivity index (χ4n) is 4.42. The van der Waals surface area contributed by atoms with Gasteiger partial charge < -0.3 is 9.72 Å². The van der Waals surface area contributed by atoms with E-state index in [9.17, 15) is 9.18 Å².